The topological polar surface area (TPSA) is 89.7 Å². The minimum absolute atomic E-state index is 0.0504. The fourth-order valence-electron chi connectivity index (χ4n) is 4.60. The molecule has 168 valence electrons. The second kappa shape index (κ2) is 8.65. The fourth-order valence-corrected chi connectivity index (χ4v) is 4.60. The molecule has 0 atom stereocenters. The van der Waals surface area contributed by atoms with Gasteiger partial charge in [-0.25, -0.2) is 9.97 Å². The van der Waals surface area contributed by atoms with Crippen molar-refractivity contribution in [2.45, 2.75) is 39.2 Å². The Bertz CT molecular complexity index is 1360. The molecule has 1 saturated heterocycles. The zero-order chi connectivity index (χ0) is 22.9. The molecule has 8 nitrogen and oxygen atoms in total. The van der Waals surface area contributed by atoms with Crippen molar-refractivity contribution in [3.63, 3.8) is 0 Å². The Balaban J connectivity index is 1.49. The highest BCUT2D eigenvalue weighted by molar-refractivity contribution is 5.71. The molecular formula is C24H24FN7O. The van der Waals surface area contributed by atoms with Gasteiger partial charge in [0.2, 0.25) is 5.95 Å². The lowest BCUT2D eigenvalue weighted by Gasteiger charge is -2.34. The number of aromatic nitrogens is 6. The van der Waals surface area contributed by atoms with E-state index in [1.165, 1.54) is 6.20 Å². The third kappa shape index (κ3) is 3.94. The fraction of sp³-hybridized carbons (Fsp3) is 0.333. The number of rotatable bonds is 4. The van der Waals surface area contributed by atoms with E-state index in [4.69, 9.17) is 0 Å². The number of halogens is 1. The first-order valence-corrected chi connectivity index (χ1v) is 11.0. The van der Waals surface area contributed by atoms with Gasteiger partial charge in [0, 0.05) is 49.6 Å². The van der Waals surface area contributed by atoms with Crippen LogP contribution < -0.4 is 10.5 Å². The lowest BCUT2D eigenvalue weighted by atomic mass is 9.89. The van der Waals surface area contributed by atoms with Crippen LogP contribution in [0, 0.1) is 19.8 Å². The monoisotopic (exact) mass is 445 g/mol. The largest absolute Gasteiger partial charge is 0.368 e. The van der Waals surface area contributed by atoms with Gasteiger partial charge in [0.05, 0.1) is 23.6 Å². The molecule has 1 aliphatic heterocycles. The molecular weight excluding hydrogens is 421 g/mol. The molecule has 5 heterocycles. The minimum atomic E-state index is -0.448. The Morgan fingerprint density at radius 1 is 0.970 bits per heavy atom. The van der Waals surface area contributed by atoms with Gasteiger partial charge >= 0.3 is 0 Å². The first-order chi connectivity index (χ1) is 16.0. The van der Waals surface area contributed by atoms with Gasteiger partial charge < -0.3 is 4.90 Å². The zero-order valence-corrected chi connectivity index (χ0v) is 18.6. The second-order valence-electron chi connectivity index (χ2n) is 8.37. The minimum Gasteiger partial charge on any atom is -0.368 e. The molecule has 1 aliphatic rings. The van der Waals surface area contributed by atoms with E-state index < -0.39 is 5.95 Å². The quantitative estimate of drug-likeness (QED) is 0.446. The van der Waals surface area contributed by atoms with Crippen molar-refractivity contribution in [1.82, 2.24) is 29.5 Å². The van der Waals surface area contributed by atoms with Crippen LogP contribution in [0.1, 0.15) is 41.3 Å². The molecule has 0 spiro atoms. The Morgan fingerprint density at radius 2 is 1.70 bits per heavy atom. The maximum atomic E-state index is 14.4. The maximum Gasteiger partial charge on any atom is 0.256 e. The van der Waals surface area contributed by atoms with Gasteiger partial charge in [0.25, 0.3) is 5.56 Å². The molecule has 4 aromatic heterocycles. The first kappa shape index (κ1) is 21.1. The molecule has 0 saturated carbocycles. The van der Waals surface area contributed by atoms with Gasteiger partial charge in [-0.2, -0.15) is 4.39 Å². The predicted octanol–water partition coefficient (Wildman–Crippen LogP) is 3.16. The van der Waals surface area contributed by atoms with Crippen LogP contribution in [0.15, 0.2) is 47.9 Å². The lowest BCUT2D eigenvalue weighted by molar-refractivity contribution is 0.487. The molecule has 0 aliphatic carbocycles. The van der Waals surface area contributed by atoms with Crippen LogP contribution in [-0.4, -0.2) is 42.6 Å². The summed E-state index contributed by atoms with van der Waals surface area (Å²) in [6.07, 6.45) is 9.43. The van der Waals surface area contributed by atoms with Crippen molar-refractivity contribution in [3.05, 3.63) is 81.9 Å². The van der Waals surface area contributed by atoms with E-state index in [-0.39, 0.29) is 18.0 Å². The van der Waals surface area contributed by atoms with Gasteiger partial charge in [-0.3, -0.25) is 24.3 Å². The van der Waals surface area contributed by atoms with Crippen molar-refractivity contribution in [2.75, 3.05) is 18.0 Å². The normalized spacial score (nSPS) is 14.7. The Labute approximate surface area is 190 Å². The molecule has 0 bridgehead atoms. The van der Waals surface area contributed by atoms with Crippen LogP contribution in [0.25, 0.3) is 11.2 Å². The predicted molar refractivity (Wildman–Crippen MR) is 123 cm³/mol. The summed E-state index contributed by atoms with van der Waals surface area (Å²) in [5.41, 5.74) is 4.74. The number of fused-ring (bicyclic) bond motifs is 1. The van der Waals surface area contributed by atoms with Crippen molar-refractivity contribution in [1.29, 1.82) is 0 Å². The van der Waals surface area contributed by atoms with E-state index in [9.17, 15) is 9.18 Å². The van der Waals surface area contributed by atoms with Gasteiger partial charge in [-0.15, -0.1) is 0 Å². The standard InChI is InChI=1S/C24H24FN7O/c1-15-3-6-29-22(25)21(15)31-11-4-17(5-12-31)18-13-19-23(30-10-9-27-19)32(24(18)33)14-20-16(2)26-7-8-28-20/h3,6-10,13,17H,4-5,11-12,14H2,1-2H3. The highest BCUT2D eigenvalue weighted by Crippen LogP contribution is 2.32. The van der Waals surface area contributed by atoms with E-state index in [0.717, 1.165) is 29.8 Å². The van der Waals surface area contributed by atoms with Gasteiger partial charge in [-0.1, -0.05) is 0 Å². The summed E-state index contributed by atoms with van der Waals surface area (Å²) in [5.74, 6) is -0.398. The van der Waals surface area contributed by atoms with Crippen LogP contribution >= 0.6 is 0 Å². The summed E-state index contributed by atoms with van der Waals surface area (Å²) >= 11 is 0. The van der Waals surface area contributed by atoms with E-state index in [2.05, 4.69) is 24.9 Å². The van der Waals surface area contributed by atoms with Crippen LogP contribution in [-0.2, 0) is 6.54 Å². The molecule has 0 amide bonds. The van der Waals surface area contributed by atoms with E-state index in [0.29, 0.717) is 35.5 Å². The van der Waals surface area contributed by atoms with Crippen LogP contribution in [0.4, 0.5) is 10.1 Å². The second-order valence-corrected chi connectivity index (χ2v) is 8.37. The molecule has 4 aromatic rings. The number of piperidine rings is 1. The van der Waals surface area contributed by atoms with Crippen LogP contribution in [0.5, 0.6) is 0 Å². The van der Waals surface area contributed by atoms with Gasteiger partial charge in [0.1, 0.15) is 5.52 Å². The molecule has 9 heteroatoms. The third-order valence-electron chi connectivity index (χ3n) is 6.37. The van der Waals surface area contributed by atoms with Crippen molar-refractivity contribution < 1.29 is 4.39 Å². The SMILES string of the molecule is Cc1ccnc(F)c1N1CCC(c2cc3nccnc3n(Cc3nccnc3C)c2=O)CC1. The molecule has 0 unspecified atom stereocenters. The third-order valence-corrected chi connectivity index (χ3v) is 6.37. The molecule has 0 radical (unpaired) electrons. The average Bonchev–Trinajstić information content (AvgIpc) is 2.82. The van der Waals surface area contributed by atoms with Crippen LogP contribution in [0.2, 0.25) is 0 Å². The number of hydrogen-bond acceptors (Lipinski definition) is 7. The maximum absolute atomic E-state index is 14.4. The number of aryl methyl sites for hydroxylation is 2. The summed E-state index contributed by atoms with van der Waals surface area (Å²) in [4.78, 5) is 37.0. The molecule has 1 fully saturated rings. The van der Waals surface area contributed by atoms with Gasteiger partial charge in [0.15, 0.2) is 5.65 Å². The highest BCUT2D eigenvalue weighted by Gasteiger charge is 2.27. The number of anilines is 1. The summed E-state index contributed by atoms with van der Waals surface area (Å²) in [6, 6.07) is 3.68. The van der Waals surface area contributed by atoms with E-state index in [1.807, 2.05) is 30.9 Å². The number of hydrogen-bond donors (Lipinski definition) is 0. The molecule has 5 rings (SSSR count). The summed E-state index contributed by atoms with van der Waals surface area (Å²) in [6.45, 7) is 5.34. The van der Waals surface area contributed by atoms with Crippen molar-refractivity contribution in [3.8, 4) is 0 Å². The van der Waals surface area contributed by atoms with E-state index >= 15 is 0 Å². The van der Waals surface area contributed by atoms with E-state index in [1.54, 1.807) is 29.4 Å². The van der Waals surface area contributed by atoms with Crippen LogP contribution in [0.3, 0.4) is 0 Å². The van der Waals surface area contributed by atoms with Crippen molar-refractivity contribution >= 4 is 16.9 Å². The zero-order valence-electron chi connectivity index (χ0n) is 18.6. The highest BCUT2D eigenvalue weighted by atomic mass is 19.1. The lowest BCUT2D eigenvalue weighted by Crippen LogP contribution is -2.36. The summed E-state index contributed by atoms with van der Waals surface area (Å²) < 4.78 is 16.0. The number of nitrogens with zero attached hydrogens (tertiary/aromatic N) is 7. The summed E-state index contributed by atoms with van der Waals surface area (Å²) in [7, 11) is 0. The number of pyridine rings is 2. The smallest absolute Gasteiger partial charge is 0.256 e. The molecule has 33 heavy (non-hydrogen) atoms. The Hall–Kier alpha value is -3.75. The Kier molecular flexibility index (Phi) is 5.53. The average molecular weight is 446 g/mol. The molecule has 0 aromatic carbocycles. The van der Waals surface area contributed by atoms with Crippen molar-refractivity contribution in [2.24, 2.45) is 0 Å². The first-order valence-electron chi connectivity index (χ1n) is 11.0. The Morgan fingerprint density at radius 3 is 2.45 bits per heavy atom. The summed E-state index contributed by atoms with van der Waals surface area (Å²) in [5, 5.41) is 0. The van der Waals surface area contributed by atoms with Gasteiger partial charge in [-0.05, 0) is 50.3 Å². The molecule has 0 N–H and O–H groups in total.